The van der Waals surface area contributed by atoms with Crippen molar-refractivity contribution in [1.29, 1.82) is 0 Å². The number of hydrogen-bond acceptors (Lipinski definition) is 4. The molecule has 5 nitrogen and oxygen atoms in total. The standard InChI is InChI=1S/C13H15NO4/c15-14(16)8-11-9-4-1-2-6-12(9)18-13-10(11)5-3-7-17-13/h1-2,4,6,10-11,13H,3,5,7-8H2/t10-,11-,13+/m1/s1. The number of fused-ring (bicyclic) bond motifs is 2. The molecule has 3 atom stereocenters. The Morgan fingerprint density at radius 3 is 3.06 bits per heavy atom. The van der Waals surface area contributed by atoms with E-state index < -0.39 is 0 Å². The van der Waals surface area contributed by atoms with Gasteiger partial charge in [-0.3, -0.25) is 10.1 Å². The average molecular weight is 249 g/mol. The first-order valence-electron chi connectivity index (χ1n) is 6.24. The van der Waals surface area contributed by atoms with Gasteiger partial charge in [0.25, 0.3) is 0 Å². The summed E-state index contributed by atoms with van der Waals surface area (Å²) in [6.45, 7) is 0.624. The highest BCUT2D eigenvalue weighted by atomic mass is 16.7. The molecule has 0 amide bonds. The van der Waals surface area contributed by atoms with E-state index in [1.54, 1.807) is 0 Å². The van der Waals surface area contributed by atoms with Crippen LogP contribution in [0.3, 0.4) is 0 Å². The first-order valence-corrected chi connectivity index (χ1v) is 6.24. The fraction of sp³-hybridized carbons (Fsp3) is 0.538. The van der Waals surface area contributed by atoms with Crippen molar-refractivity contribution in [1.82, 2.24) is 0 Å². The number of nitro groups is 1. The van der Waals surface area contributed by atoms with Gasteiger partial charge in [-0.1, -0.05) is 18.2 Å². The second-order valence-electron chi connectivity index (χ2n) is 4.82. The van der Waals surface area contributed by atoms with Crippen molar-refractivity contribution >= 4 is 0 Å². The van der Waals surface area contributed by atoms with Gasteiger partial charge in [0.2, 0.25) is 12.8 Å². The van der Waals surface area contributed by atoms with Gasteiger partial charge in [0.1, 0.15) is 5.75 Å². The highest BCUT2D eigenvalue weighted by Crippen LogP contribution is 2.43. The highest BCUT2D eigenvalue weighted by molar-refractivity contribution is 5.39. The van der Waals surface area contributed by atoms with Gasteiger partial charge in [-0.25, -0.2) is 0 Å². The molecule has 0 aromatic heterocycles. The van der Waals surface area contributed by atoms with Crippen LogP contribution in [0.15, 0.2) is 24.3 Å². The van der Waals surface area contributed by atoms with Gasteiger partial charge >= 0.3 is 0 Å². The lowest BCUT2D eigenvalue weighted by Crippen LogP contribution is -2.43. The minimum atomic E-state index is -0.321. The van der Waals surface area contributed by atoms with E-state index >= 15 is 0 Å². The molecule has 1 aromatic carbocycles. The maximum atomic E-state index is 10.9. The predicted octanol–water partition coefficient (Wildman–Crippen LogP) is 2.19. The van der Waals surface area contributed by atoms with Crippen molar-refractivity contribution in [2.75, 3.05) is 13.2 Å². The first-order chi connectivity index (χ1) is 8.75. The van der Waals surface area contributed by atoms with Gasteiger partial charge in [-0.15, -0.1) is 0 Å². The van der Waals surface area contributed by atoms with Crippen LogP contribution in [0.4, 0.5) is 0 Å². The van der Waals surface area contributed by atoms with E-state index in [0.717, 1.165) is 24.2 Å². The molecule has 2 heterocycles. The Balaban J connectivity index is 1.97. The Hall–Kier alpha value is -1.62. The van der Waals surface area contributed by atoms with Crippen molar-refractivity contribution in [2.24, 2.45) is 5.92 Å². The minimum absolute atomic E-state index is 0.0507. The fourth-order valence-electron chi connectivity index (χ4n) is 2.93. The zero-order chi connectivity index (χ0) is 12.5. The summed E-state index contributed by atoms with van der Waals surface area (Å²) in [5.41, 5.74) is 0.945. The van der Waals surface area contributed by atoms with E-state index in [0.29, 0.717) is 6.61 Å². The average Bonchev–Trinajstić information content (AvgIpc) is 2.38. The Morgan fingerprint density at radius 1 is 1.39 bits per heavy atom. The Labute approximate surface area is 105 Å². The lowest BCUT2D eigenvalue weighted by Gasteiger charge is -2.40. The van der Waals surface area contributed by atoms with Crippen LogP contribution in [0.1, 0.15) is 24.3 Å². The number of nitrogens with zero attached hydrogens (tertiary/aromatic N) is 1. The van der Waals surface area contributed by atoms with E-state index in [2.05, 4.69) is 0 Å². The van der Waals surface area contributed by atoms with Crippen molar-refractivity contribution < 1.29 is 14.4 Å². The number of hydrogen-bond donors (Lipinski definition) is 0. The number of benzene rings is 1. The number of ether oxygens (including phenoxy) is 2. The van der Waals surface area contributed by atoms with Crippen molar-refractivity contribution in [3.63, 3.8) is 0 Å². The van der Waals surface area contributed by atoms with Crippen molar-refractivity contribution in [2.45, 2.75) is 25.0 Å². The molecule has 0 radical (unpaired) electrons. The van der Waals surface area contributed by atoms with Crippen LogP contribution < -0.4 is 4.74 Å². The highest BCUT2D eigenvalue weighted by Gasteiger charge is 2.42. The summed E-state index contributed by atoms with van der Waals surface area (Å²) in [4.78, 5) is 10.6. The lowest BCUT2D eigenvalue weighted by molar-refractivity contribution is -0.486. The SMILES string of the molecule is O=[N+]([O-])C[C@@H]1c2ccccc2O[C@@H]2OCCC[C@@H]21. The third kappa shape index (κ3) is 1.95. The summed E-state index contributed by atoms with van der Waals surface area (Å²) in [6.07, 6.45) is 1.55. The smallest absolute Gasteiger partial charge is 0.211 e. The van der Waals surface area contributed by atoms with E-state index in [9.17, 15) is 10.1 Å². The first kappa shape index (κ1) is 11.5. The zero-order valence-corrected chi connectivity index (χ0v) is 9.95. The van der Waals surface area contributed by atoms with Crippen LogP contribution in [0.25, 0.3) is 0 Å². The van der Waals surface area contributed by atoms with Crippen LogP contribution in [0, 0.1) is 16.0 Å². The Morgan fingerprint density at radius 2 is 2.22 bits per heavy atom. The summed E-state index contributed by atoms with van der Waals surface area (Å²) < 4.78 is 11.4. The molecule has 0 N–H and O–H groups in total. The largest absolute Gasteiger partial charge is 0.464 e. The monoisotopic (exact) mass is 249 g/mol. The Kier molecular flexibility index (Phi) is 2.91. The van der Waals surface area contributed by atoms with E-state index in [1.165, 1.54) is 0 Å². The number of rotatable bonds is 2. The molecule has 2 aliphatic heterocycles. The van der Waals surface area contributed by atoms with E-state index in [-0.39, 0.29) is 29.6 Å². The molecule has 0 spiro atoms. The third-order valence-electron chi connectivity index (χ3n) is 3.74. The van der Waals surface area contributed by atoms with E-state index in [1.807, 2.05) is 24.3 Å². The van der Waals surface area contributed by atoms with Crippen LogP contribution in [-0.4, -0.2) is 24.4 Å². The molecule has 0 bridgehead atoms. The molecule has 18 heavy (non-hydrogen) atoms. The Bertz CT molecular complexity index is 462. The van der Waals surface area contributed by atoms with Crippen LogP contribution in [0.5, 0.6) is 5.75 Å². The molecule has 1 saturated heterocycles. The summed E-state index contributed by atoms with van der Waals surface area (Å²) in [5, 5.41) is 10.9. The predicted molar refractivity (Wildman–Crippen MR) is 64.1 cm³/mol. The normalized spacial score (nSPS) is 29.9. The summed E-state index contributed by atoms with van der Waals surface area (Å²) in [6, 6.07) is 7.56. The maximum absolute atomic E-state index is 10.9. The topological polar surface area (TPSA) is 61.6 Å². The molecule has 1 aromatic rings. The third-order valence-corrected chi connectivity index (χ3v) is 3.74. The summed E-state index contributed by atoms with van der Waals surface area (Å²) in [7, 11) is 0. The second kappa shape index (κ2) is 4.57. The molecule has 96 valence electrons. The molecular formula is C13H15NO4. The lowest BCUT2D eigenvalue weighted by atomic mass is 9.79. The molecule has 0 saturated carbocycles. The molecule has 0 aliphatic carbocycles. The van der Waals surface area contributed by atoms with E-state index in [4.69, 9.17) is 9.47 Å². The molecular weight excluding hydrogens is 234 g/mol. The maximum Gasteiger partial charge on any atom is 0.211 e. The summed E-state index contributed by atoms with van der Waals surface area (Å²) >= 11 is 0. The van der Waals surface area contributed by atoms with Crippen molar-refractivity contribution in [3.05, 3.63) is 39.9 Å². The number of para-hydroxylation sites is 1. The molecule has 2 aliphatic rings. The quantitative estimate of drug-likeness (QED) is 0.595. The van der Waals surface area contributed by atoms with Crippen LogP contribution in [-0.2, 0) is 4.74 Å². The van der Waals surface area contributed by atoms with Gasteiger partial charge in [0.05, 0.1) is 12.5 Å². The molecule has 1 fully saturated rings. The molecule has 5 heteroatoms. The van der Waals surface area contributed by atoms with Gasteiger partial charge in [0.15, 0.2) is 0 Å². The summed E-state index contributed by atoms with van der Waals surface area (Å²) in [5.74, 6) is 0.724. The van der Waals surface area contributed by atoms with Crippen LogP contribution in [0.2, 0.25) is 0 Å². The molecule has 0 unspecified atom stereocenters. The van der Waals surface area contributed by atoms with Gasteiger partial charge < -0.3 is 9.47 Å². The van der Waals surface area contributed by atoms with Gasteiger partial charge in [-0.2, -0.15) is 0 Å². The minimum Gasteiger partial charge on any atom is -0.464 e. The molecule has 3 rings (SSSR count). The fourth-order valence-corrected chi connectivity index (χ4v) is 2.93. The van der Waals surface area contributed by atoms with Crippen LogP contribution >= 0.6 is 0 Å². The zero-order valence-electron chi connectivity index (χ0n) is 9.95. The second-order valence-corrected chi connectivity index (χ2v) is 4.82. The van der Waals surface area contributed by atoms with Gasteiger partial charge in [-0.05, 0) is 18.9 Å². The van der Waals surface area contributed by atoms with Gasteiger partial charge in [0, 0.05) is 16.4 Å². The van der Waals surface area contributed by atoms with Crippen molar-refractivity contribution in [3.8, 4) is 5.75 Å².